The highest BCUT2D eigenvalue weighted by molar-refractivity contribution is 6.30. The average molecular weight is 267 g/mol. The summed E-state index contributed by atoms with van der Waals surface area (Å²) < 4.78 is 0. The van der Waals surface area contributed by atoms with Gasteiger partial charge in [-0.1, -0.05) is 32.4 Å². The van der Waals surface area contributed by atoms with Crippen LogP contribution in [0.25, 0.3) is 0 Å². The first-order valence-electron chi connectivity index (χ1n) is 6.62. The normalized spacial score (nSPS) is 21.4. The number of rotatable bonds is 2. The molecule has 1 aromatic carbocycles. The van der Waals surface area contributed by atoms with Crippen LogP contribution in [0.5, 0.6) is 0 Å². The summed E-state index contributed by atoms with van der Waals surface area (Å²) in [6.07, 6.45) is 1.28. The molecule has 0 radical (unpaired) electrons. The van der Waals surface area contributed by atoms with Gasteiger partial charge in [-0.3, -0.25) is 4.90 Å². The monoisotopic (exact) mass is 266 g/mol. The van der Waals surface area contributed by atoms with Gasteiger partial charge >= 0.3 is 0 Å². The molecule has 0 bridgehead atoms. The predicted octanol–water partition coefficient (Wildman–Crippen LogP) is 3.79. The van der Waals surface area contributed by atoms with Gasteiger partial charge in [0, 0.05) is 23.8 Å². The molecule has 1 heterocycles. The van der Waals surface area contributed by atoms with Gasteiger partial charge in [-0.25, -0.2) is 0 Å². The van der Waals surface area contributed by atoms with E-state index < -0.39 is 0 Å². The molecule has 1 unspecified atom stereocenters. The summed E-state index contributed by atoms with van der Waals surface area (Å²) in [6.45, 7) is 10.2. The van der Waals surface area contributed by atoms with Crippen LogP contribution in [0.3, 0.4) is 0 Å². The highest BCUT2D eigenvalue weighted by Crippen LogP contribution is 2.34. The molecule has 0 saturated carbocycles. The van der Waals surface area contributed by atoms with E-state index in [9.17, 15) is 0 Å². The third-order valence-corrected chi connectivity index (χ3v) is 4.23. The Bertz CT molecular complexity index is 423. The Morgan fingerprint density at radius 3 is 2.72 bits per heavy atom. The predicted molar refractivity (Wildman–Crippen MR) is 78.7 cm³/mol. The van der Waals surface area contributed by atoms with Gasteiger partial charge in [0.15, 0.2) is 0 Å². The Morgan fingerprint density at radius 1 is 1.39 bits per heavy atom. The number of hydrogen-bond donors (Lipinski definition) is 1. The lowest BCUT2D eigenvalue weighted by Crippen LogP contribution is -2.26. The van der Waals surface area contributed by atoms with E-state index in [1.807, 2.05) is 18.2 Å². The van der Waals surface area contributed by atoms with Gasteiger partial charge in [0.1, 0.15) is 0 Å². The summed E-state index contributed by atoms with van der Waals surface area (Å²) in [5, 5.41) is 0.769. The van der Waals surface area contributed by atoms with Crippen molar-refractivity contribution in [3.05, 3.63) is 28.8 Å². The molecule has 2 N–H and O–H groups in total. The lowest BCUT2D eigenvalue weighted by molar-refractivity contribution is 0.226. The number of nitrogen functional groups attached to an aromatic ring is 1. The standard InChI is InChI=1S/C15H23ClN2/c1-15(2,3)12-6-7-18(10-12)9-11-8-13(16)4-5-14(11)17/h4-5,8,12H,6-7,9-10,17H2,1-3H3. The molecule has 2 rings (SSSR count). The Morgan fingerprint density at radius 2 is 2.11 bits per heavy atom. The van der Waals surface area contributed by atoms with Gasteiger partial charge in [-0.2, -0.15) is 0 Å². The third kappa shape index (κ3) is 3.18. The molecule has 100 valence electrons. The van der Waals surface area contributed by atoms with Crippen molar-refractivity contribution in [2.24, 2.45) is 11.3 Å². The first-order chi connectivity index (χ1) is 8.36. The minimum absolute atomic E-state index is 0.397. The maximum absolute atomic E-state index is 6.03. The molecule has 3 heteroatoms. The summed E-state index contributed by atoms with van der Waals surface area (Å²) in [6, 6.07) is 5.73. The fourth-order valence-corrected chi connectivity index (χ4v) is 2.83. The topological polar surface area (TPSA) is 29.3 Å². The number of nitrogens with zero attached hydrogens (tertiary/aromatic N) is 1. The summed E-state index contributed by atoms with van der Waals surface area (Å²) in [5.41, 5.74) is 8.40. The van der Waals surface area contributed by atoms with Crippen molar-refractivity contribution in [3.63, 3.8) is 0 Å². The molecule has 1 aliphatic heterocycles. The molecule has 18 heavy (non-hydrogen) atoms. The number of anilines is 1. The van der Waals surface area contributed by atoms with Gasteiger partial charge in [0.2, 0.25) is 0 Å². The van der Waals surface area contributed by atoms with Crippen LogP contribution in [0, 0.1) is 11.3 Å². The highest BCUT2D eigenvalue weighted by Gasteiger charge is 2.31. The zero-order chi connectivity index (χ0) is 13.3. The van der Waals surface area contributed by atoms with Gasteiger partial charge in [-0.15, -0.1) is 0 Å². The summed E-state index contributed by atoms with van der Waals surface area (Å²) in [7, 11) is 0. The number of hydrogen-bond acceptors (Lipinski definition) is 2. The summed E-state index contributed by atoms with van der Waals surface area (Å²) in [4.78, 5) is 2.48. The van der Waals surface area contributed by atoms with E-state index in [1.165, 1.54) is 6.42 Å². The maximum Gasteiger partial charge on any atom is 0.0410 e. The van der Waals surface area contributed by atoms with E-state index in [2.05, 4.69) is 25.7 Å². The molecule has 0 spiro atoms. The lowest BCUT2D eigenvalue weighted by atomic mass is 9.80. The van der Waals surface area contributed by atoms with Crippen molar-refractivity contribution in [1.29, 1.82) is 0 Å². The molecule has 1 fully saturated rings. The smallest absolute Gasteiger partial charge is 0.0410 e. The number of nitrogens with two attached hydrogens (primary N) is 1. The Hall–Kier alpha value is -0.730. The Balaban J connectivity index is 2.01. The van der Waals surface area contributed by atoms with E-state index in [0.29, 0.717) is 5.41 Å². The second-order valence-electron chi connectivity index (χ2n) is 6.43. The van der Waals surface area contributed by atoms with Gasteiger partial charge in [0.05, 0.1) is 0 Å². The first kappa shape index (κ1) is 13.7. The molecular weight excluding hydrogens is 244 g/mol. The molecule has 1 saturated heterocycles. The minimum Gasteiger partial charge on any atom is -0.398 e. The molecule has 0 amide bonds. The van der Waals surface area contributed by atoms with E-state index in [0.717, 1.165) is 41.8 Å². The Kier molecular flexibility index (Phi) is 3.88. The molecule has 1 aromatic rings. The molecule has 0 aliphatic carbocycles. The van der Waals surface area contributed by atoms with Crippen LogP contribution in [-0.4, -0.2) is 18.0 Å². The molecule has 0 aromatic heterocycles. The van der Waals surface area contributed by atoms with E-state index >= 15 is 0 Å². The number of halogens is 1. The second-order valence-corrected chi connectivity index (χ2v) is 6.87. The lowest BCUT2D eigenvalue weighted by Gasteiger charge is -2.27. The largest absolute Gasteiger partial charge is 0.398 e. The van der Waals surface area contributed by atoms with Gasteiger partial charge < -0.3 is 5.73 Å². The van der Waals surface area contributed by atoms with Crippen LogP contribution in [0.2, 0.25) is 5.02 Å². The van der Waals surface area contributed by atoms with Crippen molar-refractivity contribution in [1.82, 2.24) is 4.90 Å². The van der Waals surface area contributed by atoms with Crippen LogP contribution in [0.4, 0.5) is 5.69 Å². The van der Waals surface area contributed by atoms with Crippen LogP contribution >= 0.6 is 11.6 Å². The molecule has 1 atom stereocenters. The van der Waals surface area contributed by atoms with Crippen LogP contribution in [0.1, 0.15) is 32.8 Å². The summed E-state index contributed by atoms with van der Waals surface area (Å²) >= 11 is 6.03. The quantitative estimate of drug-likeness (QED) is 0.826. The van der Waals surface area contributed by atoms with Crippen molar-refractivity contribution in [2.75, 3.05) is 18.8 Å². The maximum atomic E-state index is 6.03. The third-order valence-electron chi connectivity index (χ3n) is 4.00. The van der Waals surface area contributed by atoms with Crippen molar-refractivity contribution in [2.45, 2.75) is 33.7 Å². The zero-order valence-corrected chi connectivity index (χ0v) is 12.3. The van der Waals surface area contributed by atoms with Gasteiger partial charge in [0.25, 0.3) is 0 Å². The highest BCUT2D eigenvalue weighted by atomic mass is 35.5. The van der Waals surface area contributed by atoms with Gasteiger partial charge in [-0.05, 0) is 48.1 Å². The van der Waals surface area contributed by atoms with E-state index in [-0.39, 0.29) is 0 Å². The summed E-state index contributed by atoms with van der Waals surface area (Å²) in [5.74, 6) is 0.776. The Labute approximate surface area is 115 Å². The van der Waals surface area contributed by atoms with Crippen molar-refractivity contribution < 1.29 is 0 Å². The molecule has 1 aliphatic rings. The average Bonchev–Trinajstić information content (AvgIpc) is 2.71. The van der Waals surface area contributed by atoms with Crippen LogP contribution in [-0.2, 0) is 6.54 Å². The second kappa shape index (κ2) is 5.10. The SMILES string of the molecule is CC(C)(C)C1CCN(Cc2cc(Cl)ccc2N)C1. The minimum atomic E-state index is 0.397. The fourth-order valence-electron chi connectivity index (χ4n) is 2.64. The zero-order valence-electron chi connectivity index (χ0n) is 11.5. The fraction of sp³-hybridized carbons (Fsp3) is 0.600. The molecule has 2 nitrogen and oxygen atoms in total. The van der Waals surface area contributed by atoms with Crippen molar-refractivity contribution in [3.8, 4) is 0 Å². The van der Waals surface area contributed by atoms with E-state index in [4.69, 9.17) is 17.3 Å². The van der Waals surface area contributed by atoms with Crippen LogP contribution in [0.15, 0.2) is 18.2 Å². The first-order valence-corrected chi connectivity index (χ1v) is 7.00. The number of benzene rings is 1. The molecular formula is C15H23ClN2. The van der Waals surface area contributed by atoms with Crippen molar-refractivity contribution >= 4 is 17.3 Å². The number of likely N-dealkylation sites (tertiary alicyclic amines) is 1. The van der Waals surface area contributed by atoms with Crippen LogP contribution < -0.4 is 5.73 Å². The van der Waals surface area contributed by atoms with E-state index in [1.54, 1.807) is 0 Å².